The minimum Gasteiger partial charge on any atom is -0.487 e. The lowest BCUT2D eigenvalue weighted by molar-refractivity contribution is -0.133. The van der Waals surface area contributed by atoms with Crippen molar-refractivity contribution in [3.8, 4) is 5.75 Å². The molecule has 8 heteroatoms. The van der Waals surface area contributed by atoms with Gasteiger partial charge in [0.05, 0.1) is 6.20 Å². The number of nitrogens with zero attached hydrogens (tertiary/aromatic N) is 4. The van der Waals surface area contributed by atoms with Gasteiger partial charge >= 0.3 is 0 Å². The van der Waals surface area contributed by atoms with Crippen LogP contribution in [0.25, 0.3) is 10.8 Å². The van der Waals surface area contributed by atoms with E-state index >= 15 is 0 Å². The normalized spacial score (nSPS) is 13.7. The number of hydrogen-bond acceptors (Lipinski definition) is 7. The lowest BCUT2D eigenvalue weighted by atomic mass is 9.96. The molecular formula is C29H32N6O2. The number of anilines is 2. The SMILES string of the molecule is Cc1cc2c(N)nccc2c(C)c1CNc1cc(OCc2ccc(CN3CCCCC3=O)cc2)cnn1. The van der Waals surface area contributed by atoms with Gasteiger partial charge in [-0.25, -0.2) is 4.98 Å². The Morgan fingerprint density at radius 3 is 2.68 bits per heavy atom. The Kier molecular flexibility index (Phi) is 7.16. The second kappa shape index (κ2) is 10.8. The third kappa shape index (κ3) is 5.63. The summed E-state index contributed by atoms with van der Waals surface area (Å²) in [5.41, 5.74) is 11.8. The van der Waals surface area contributed by atoms with E-state index in [0.717, 1.165) is 46.8 Å². The highest BCUT2D eigenvalue weighted by Gasteiger charge is 2.18. The largest absolute Gasteiger partial charge is 0.487 e. The van der Waals surface area contributed by atoms with E-state index in [1.54, 1.807) is 12.4 Å². The minimum absolute atomic E-state index is 0.251. The van der Waals surface area contributed by atoms with E-state index < -0.39 is 0 Å². The van der Waals surface area contributed by atoms with E-state index in [4.69, 9.17) is 10.5 Å². The number of carbonyl (C=O) groups is 1. The van der Waals surface area contributed by atoms with Crippen LogP contribution in [0.5, 0.6) is 5.75 Å². The molecule has 37 heavy (non-hydrogen) atoms. The zero-order valence-corrected chi connectivity index (χ0v) is 21.3. The van der Waals surface area contributed by atoms with Crippen molar-refractivity contribution in [2.75, 3.05) is 17.6 Å². The first-order valence-electron chi connectivity index (χ1n) is 12.7. The molecule has 3 N–H and O–H groups in total. The summed E-state index contributed by atoms with van der Waals surface area (Å²) in [6, 6.07) is 14.2. The van der Waals surface area contributed by atoms with Gasteiger partial charge in [0.15, 0.2) is 5.82 Å². The monoisotopic (exact) mass is 496 g/mol. The van der Waals surface area contributed by atoms with E-state index in [1.807, 2.05) is 29.2 Å². The van der Waals surface area contributed by atoms with E-state index in [9.17, 15) is 4.79 Å². The maximum absolute atomic E-state index is 12.1. The zero-order chi connectivity index (χ0) is 25.8. The number of benzene rings is 2. The van der Waals surface area contributed by atoms with Gasteiger partial charge in [-0.3, -0.25) is 4.79 Å². The molecule has 0 aliphatic carbocycles. The second-order valence-corrected chi connectivity index (χ2v) is 9.60. The third-order valence-corrected chi connectivity index (χ3v) is 7.01. The lowest BCUT2D eigenvalue weighted by Gasteiger charge is -2.26. The Labute approximate surface area is 216 Å². The standard InChI is InChI=1S/C29H32N6O2/c1-19-13-25-24(10-11-31-29(25)30)20(2)26(19)16-32-27-14-23(15-33-34-27)37-18-22-8-6-21(7-9-22)17-35-12-4-3-5-28(35)36/h6-11,13-15H,3-5,12,16-18H2,1-2H3,(H2,30,31)(H,32,34). The van der Waals surface area contributed by atoms with E-state index in [-0.39, 0.29) is 5.91 Å². The van der Waals surface area contributed by atoms with Crippen LogP contribution < -0.4 is 15.8 Å². The number of piperidine rings is 1. The van der Waals surface area contributed by atoms with Gasteiger partial charge in [-0.05, 0) is 72.0 Å². The molecule has 0 saturated carbocycles. The van der Waals surface area contributed by atoms with Crippen molar-refractivity contribution in [1.82, 2.24) is 20.1 Å². The van der Waals surface area contributed by atoms with Crippen molar-refractivity contribution in [1.29, 1.82) is 0 Å². The topological polar surface area (TPSA) is 106 Å². The smallest absolute Gasteiger partial charge is 0.222 e. The predicted molar refractivity (Wildman–Crippen MR) is 145 cm³/mol. The lowest BCUT2D eigenvalue weighted by Crippen LogP contribution is -2.34. The van der Waals surface area contributed by atoms with Gasteiger partial charge in [0.2, 0.25) is 5.91 Å². The average molecular weight is 497 g/mol. The Morgan fingerprint density at radius 1 is 1.05 bits per heavy atom. The summed E-state index contributed by atoms with van der Waals surface area (Å²) >= 11 is 0. The van der Waals surface area contributed by atoms with Crippen LogP contribution in [-0.2, 0) is 24.5 Å². The zero-order valence-electron chi connectivity index (χ0n) is 21.3. The number of pyridine rings is 1. The van der Waals surface area contributed by atoms with Gasteiger partial charge in [-0.1, -0.05) is 24.3 Å². The Bertz CT molecular complexity index is 1420. The first-order valence-corrected chi connectivity index (χ1v) is 12.7. The molecule has 1 aliphatic heterocycles. The number of hydrogen-bond donors (Lipinski definition) is 2. The molecule has 0 bridgehead atoms. The summed E-state index contributed by atoms with van der Waals surface area (Å²) in [4.78, 5) is 18.2. The number of ether oxygens (including phenoxy) is 1. The van der Waals surface area contributed by atoms with Crippen molar-refractivity contribution >= 4 is 28.3 Å². The Balaban J connectivity index is 1.19. The number of amides is 1. The highest BCUT2D eigenvalue weighted by molar-refractivity contribution is 5.94. The number of nitrogen functional groups attached to an aromatic ring is 1. The molecule has 1 amide bonds. The van der Waals surface area contributed by atoms with Crippen LogP contribution in [-0.4, -0.2) is 32.5 Å². The summed E-state index contributed by atoms with van der Waals surface area (Å²) in [6.07, 6.45) is 6.11. The quantitative estimate of drug-likeness (QED) is 0.356. The van der Waals surface area contributed by atoms with Gasteiger partial charge in [0.25, 0.3) is 0 Å². The van der Waals surface area contributed by atoms with E-state index in [1.165, 1.54) is 11.1 Å². The number of aromatic nitrogens is 3. The molecule has 0 atom stereocenters. The number of likely N-dealkylation sites (tertiary alicyclic amines) is 1. The van der Waals surface area contributed by atoms with E-state index in [0.29, 0.717) is 43.5 Å². The maximum Gasteiger partial charge on any atom is 0.222 e. The first kappa shape index (κ1) is 24.5. The number of aryl methyl sites for hydroxylation is 2. The van der Waals surface area contributed by atoms with Crippen molar-refractivity contribution in [2.24, 2.45) is 0 Å². The molecule has 5 rings (SSSR count). The fraction of sp³-hybridized carbons (Fsp3) is 0.310. The van der Waals surface area contributed by atoms with Gasteiger partial charge < -0.3 is 20.7 Å². The van der Waals surface area contributed by atoms with Crippen LogP contribution in [0.2, 0.25) is 0 Å². The second-order valence-electron chi connectivity index (χ2n) is 9.60. The van der Waals surface area contributed by atoms with Crippen LogP contribution in [0.1, 0.15) is 47.1 Å². The fourth-order valence-electron chi connectivity index (χ4n) is 4.85. The molecule has 0 radical (unpaired) electrons. The van der Waals surface area contributed by atoms with Crippen molar-refractivity contribution in [3.63, 3.8) is 0 Å². The first-order chi connectivity index (χ1) is 18.0. The summed E-state index contributed by atoms with van der Waals surface area (Å²) in [5.74, 6) is 2.09. The molecule has 1 aliphatic rings. The number of nitrogens with one attached hydrogen (secondary N) is 1. The van der Waals surface area contributed by atoms with E-state index in [2.05, 4.69) is 52.5 Å². The molecule has 4 aromatic rings. The number of carbonyl (C=O) groups excluding carboxylic acids is 1. The highest BCUT2D eigenvalue weighted by Crippen LogP contribution is 2.28. The average Bonchev–Trinajstić information content (AvgIpc) is 2.90. The van der Waals surface area contributed by atoms with Crippen molar-refractivity contribution in [3.05, 3.63) is 82.7 Å². The van der Waals surface area contributed by atoms with Crippen LogP contribution in [0, 0.1) is 13.8 Å². The summed E-state index contributed by atoms with van der Waals surface area (Å²) in [7, 11) is 0. The van der Waals surface area contributed by atoms with Crippen LogP contribution in [0.3, 0.4) is 0 Å². The summed E-state index contributed by atoms with van der Waals surface area (Å²) in [6.45, 7) is 6.73. The predicted octanol–water partition coefficient (Wildman–Crippen LogP) is 4.93. The van der Waals surface area contributed by atoms with Crippen LogP contribution in [0.15, 0.2) is 54.9 Å². The Hall–Kier alpha value is -4.20. The molecule has 0 spiro atoms. The Morgan fingerprint density at radius 2 is 1.86 bits per heavy atom. The number of nitrogens with two attached hydrogens (primary N) is 1. The third-order valence-electron chi connectivity index (χ3n) is 7.01. The van der Waals surface area contributed by atoms with Crippen LogP contribution in [0.4, 0.5) is 11.6 Å². The maximum atomic E-state index is 12.1. The molecule has 2 aromatic heterocycles. The minimum atomic E-state index is 0.251. The van der Waals surface area contributed by atoms with Gasteiger partial charge in [-0.2, -0.15) is 5.10 Å². The number of rotatable bonds is 8. The molecule has 190 valence electrons. The molecule has 1 fully saturated rings. The molecule has 8 nitrogen and oxygen atoms in total. The fourth-order valence-corrected chi connectivity index (χ4v) is 4.85. The number of fused-ring (bicyclic) bond motifs is 1. The molecule has 3 heterocycles. The summed E-state index contributed by atoms with van der Waals surface area (Å²) < 4.78 is 5.98. The highest BCUT2D eigenvalue weighted by atomic mass is 16.5. The van der Waals surface area contributed by atoms with Gasteiger partial charge in [-0.15, -0.1) is 5.10 Å². The van der Waals surface area contributed by atoms with Crippen LogP contribution >= 0.6 is 0 Å². The van der Waals surface area contributed by atoms with Gasteiger partial charge in [0.1, 0.15) is 18.2 Å². The molecule has 2 aromatic carbocycles. The summed E-state index contributed by atoms with van der Waals surface area (Å²) in [5, 5.41) is 13.8. The molecular weight excluding hydrogens is 464 g/mol. The molecule has 0 unspecified atom stereocenters. The van der Waals surface area contributed by atoms with Crippen molar-refractivity contribution < 1.29 is 9.53 Å². The van der Waals surface area contributed by atoms with Gasteiger partial charge in [0, 0.05) is 43.7 Å². The van der Waals surface area contributed by atoms with Crippen molar-refractivity contribution in [2.45, 2.75) is 52.8 Å². The molecule has 1 saturated heterocycles.